The number of halogens is 2. The molecule has 0 amide bonds. The van der Waals surface area contributed by atoms with Crippen LogP contribution in [0.3, 0.4) is 0 Å². The van der Waals surface area contributed by atoms with Gasteiger partial charge in [0.25, 0.3) is 0 Å². The van der Waals surface area contributed by atoms with Gasteiger partial charge in [0.1, 0.15) is 4.90 Å². The number of sulfonamides is 1. The van der Waals surface area contributed by atoms with E-state index in [1.165, 1.54) is 10.5 Å². The summed E-state index contributed by atoms with van der Waals surface area (Å²) in [5.41, 5.74) is 0.881. The molecule has 0 bridgehead atoms. The Hall–Kier alpha value is -1.12. The number of nitrogens with zero attached hydrogens (tertiary/aromatic N) is 4. The zero-order valence-corrected chi connectivity index (χ0v) is 16.2. The van der Waals surface area contributed by atoms with Crippen LogP contribution in [0.4, 0.5) is 0 Å². The molecule has 0 aliphatic carbocycles. The lowest BCUT2D eigenvalue weighted by Gasteiger charge is -2.34. The molecule has 0 spiro atoms. The van der Waals surface area contributed by atoms with Crippen molar-refractivity contribution in [3.05, 3.63) is 46.2 Å². The number of benzene rings is 1. The van der Waals surface area contributed by atoms with Crippen molar-refractivity contribution in [3.8, 4) is 0 Å². The van der Waals surface area contributed by atoms with Crippen molar-refractivity contribution in [3.63, 3.8) is 0 Å². The van der Waals surface area contributed by atoms with Crippen molar-refractivity contribution in [1.29, 1.82) is 0 Å². The quantitative estimate of drug-likeness (QED) is 0.771. The van der Waals surface area contributed by atoms with Crippen LogP contribution in [0.5, 0.6) is 0 Å². The lowest BCUT2D eigenvalue weighted by molar-refractivity contribution is 0.181. The molecule has 1 aliphatic heterocycles. The van der Waals surface area contributed by atoms with Crippen molar-refractivity contribution in [2.24, 2.45) is 0 Å². The van der Waals surface area contributed by atoms with Gasteiger partial charge in [0.05, 0.1) is 6.20 Å². The van der Waals surface area contributed by atoms with Crippen LogP contribution in [0.25, 0.3) is 0 Å². The van der Waals surface area contributed by atoms with Gasteiger partial charge >= 0.3 is 0 Å². The fourth-order valence-electron chi connectivity index (χ4n) is 2.83. The van der Waals surface area contributed by atoms with Crippen LogP contribution in [-0.2, 0) is 23.1 Å². The summed E-state index contributed by atoms with van der Waals surface area (Å²) in [5, 5.41) is 5.32. The third-order valence-corrected chi connectivity index (χ3v) is 6.91. The predicted molar refractivity (Wildman–Crippen MR) is 98.4 cm³/mol. The van der Waals surface area contributed by atoms with Gasteiger partial charge in [0.15, 0.2) is 0 Å². The van der Waals surface area contributed by atoms with Crippen LogP contribution < -0.4 is 0 Å². The molecule has 136 valence electrons. The number of hydrogen-bond donors (Lipinski definition) is 0. The Kier molecular flexibility index (Phi) is 5.70. The smallest absolute Gasteiger partial charge is 0.246 e. The molecule has 25 heavy (non-hydrogen) atoms. The molecule has 0 radical (unpaired) electrons. The monoisotopic (exact) mass is 402 g/mol. The van der Waals surface area contributed by atoms with Gasteiger partial charge < -0.3 is 0 Å². The average molecular weight is 403 g/mol. The molecule has 1 aliphatic rings. The third kappa shape index (κ3) is 4.01. The minimum Gasteiger partial charge on any atom is -0.296 e. The van der Waals surface area contributed by atoms with Crippen molar-refractivity contribution in [2.75, 3.05) is 26.2 Å². The van der Waals surface area contributed by atoms with Gasteiger partial charge in [0, 0.05) is 61.1 Å². The molecule has 2 heterocycles. The first kappa shape index (κ1) is 18.7. The van der Waals surface area contributed by atoms with E-state index in [2.05, 4.69) is 10.00 Å². The van der Waals surface area contributed by atoms with Crippen molar-refractivity contribution >= 4 is 33.2 Å². The Morgan fingerprint density at radius 3 is 2.32 bits per heavy atom. The summed E-state index contributed by atoms with van der Waals surface area (Å²) < 4.78 is 28.5. The van der Waals surface area contributed by atoms with Crippen molar-refractivity contribution in [2.45, 2.75) is 24.9 Å². The van der Waals surface area contributed by atoms with E-state index in [0.29, 0.717) is 49.3 Å². The Balaban J connectivity index is 1.65. The van der Waals surface area contributed by atoms with Gasteiger partial charge in [-0.05, 0) is 19.1 Å². The van der Waals surface area contributed by atoms with Crippen LogP contribution in [-0.4, -0.2) is 53.6 Å². The molecule has 2 aromatic rings. The highest BCUT2D eigenvalue weighted by Crippen LogP contribution is 2.26. The third-order valence-electron chi connectivity index (χ3n) is 4.35. The van der Waals surface area contributed by atoms with Crippen molar-refractivity contribution < 1.29 is 8.42 Å². The highest BCUT2D eigenvalue weighted by Gasteiger charge is 2.29. The number of piperazine rings is 1. The molecule has 1 aromatic heterocycles. The number of hydrogen-bond acceptors (Lipinski definition) is 4. The molecule has 1 aromatic carbocycles. The SMILES string of the molecule is CCn1cc(S(=O)(=O)N2CCN(Cc3c(Cl)cccc3Cl)CC2)cn1. The van der Waals surface area contributed by atoms with E-state index >= 15 is 0 Å². The minimum atomic E-state index is -3.49. The maximum absolute atomic E-state index is 12.7. The van der Waals surface area contributed by atoms with E-state index in [4.69, 9.17) is 23.2 Å². The van der Waals surface area contributed by atoms with Crippen LogP contribution >= 0.6 is 23.2 Å². The molecule has 0 saturated carbocycles. The summed E-state index contributed by atoms with van der Waals surface area (Å²) in [4.78, 5) is 2.41. The summed E-state index contributed by atoms with van der Waals surface area (Å²) in [7, 11) is -3.49. The number of aromatic nitrogens is 2. The van der Waals surface area contributed by atoms with E-state index in [1.54, 1.807) is 10.9 Å². The molecule has 6 nitrogen and oxygen atoms in total. The zero-order chi connectivity index (χ0) is 18.0. The van der Waals surface area contributed by atoms with E-state index in [0.717, 1.165) is 5.56 Å². The molecule has 3 rings (SSSR count). The maximum Gasteiger partial charge on any atom is 0.246 e. The van der Waals surface area contributed by atoms with Crippen LogP contribution in [0.15, 0.2) is 35.5 Å². The van der Waals surface area contributed by atoms with E-state index < -0.39 is 10.0 Å². The molecule has 0 unspecified atom stereocenters. The topological polar surface area (TPSA) is 58.4 Å². The Morgan fingerprint density at radius 2 is 1.76 bits per heavy atom. The van der Waals surface area contributed by atoms with E-state index in [-0.39, 0.29) is 4.90 Å². The van der Waals surface area contributed by atoms with Crippen molar-refractivity contribution in [1.82, 2.24) is 19.0 Å². The lowest BCUT2D eigenvalue weighted by Crippen LogP contribution is -2.48. The van der Waals surface area contributed by atoms with Crippen LogP contribution in [0, 0.1) is 0 Å². The Bertz CT molecular complexity index is 825. The fraction of sp³-hybridized carbons (Fsp3) is 0.438. The average Bonchev–Trinajstić information content (AvgIpc) is 3.09. The summed E-state index contributed by atoms with van der Waals surface area (Å²) in [6, 6.07) is 5.44. The van der Waals surface area contributed by atoms with E-state index in [9.17, 15) is 8.42 Å². The molecule has 0 atom stereocenters. The standard InChI is InChI=1S/C16H20Cl2N4O2S/c1-2-21-11-13(10-19-21)25(23,24)22-8-6-20(7-9-22)12-14-15(17)4-3-5-16(14)18/h3-5,10-11H,2,6-9,12H2,1H3. The second-order valence-corrected chi connectivity index (χ2v) is 8.66. The molecule has 1 fully saturated rings. The molecule has 9 heteroatoms. The summed E-state index contributed by atoms with van der Waals surface area (Å²) in [6.07, 6.45) is 2.99. The highest BCUT2D eigenvalue weighted by molar-refractivity contribution is 7.89. The molecular weight excluding hydrogens is 383 g/mol. The fourth-order valence-corrected chi connectivity index (χ4v) is 4.73. The van der Waals surface area contributed by atoms with Gasteiger partial charge in [-0.25, -0.2) is 8.42 Å². The highest BCUT2D eigenvalue weighted by atomic mass is 35.5. The van der Waals surface area contributed by atoms with Gasteiger partial charge in [-0.1, -0.05) is 29.3 Å². The first-order valence-corrected chi connectivity index (χ1v) is 10.3. The normalized spacial score (nSPS) is 17.1. The van der Waals surface area contributed by atoms with Gasteiger partial charge in [-0.15, -0.1) is 0 Å². The molecule has 0 N–H and O–H groups in total. The molecule has 1 saturated heterocycles. The summed E-state index contributed by atoms with van der Waals surface area (Å²) in [5.74, 6) is 0. The summed E-state index contributed by atoms with van der Waals surface area (Å²) in [6.45, 7) is 5.29. The first-order valence-electron chi connectivity index (χ1n) is 8.09. The van der Waals surface area contributed by atoms with E-state index in [1.807, 2.05) is 25.1 Å². The predicted octanol–water partition coefficient (Wildman–Crippen LogP) is 2.72. The maximum atomic E-state index is 12.7. The van der Waals surface area contributed by atoms with Gasteiger partial charge in [-0.2, -0.15) is 9.40 Å². The Morgan fingerprint density at radius 1 is 1.12 bits per heavy atom. The molecular formula is C16H20Cl2N4O2S. The van der Waals surface area contributed by atoms with Crippen LogP contribution in [0.1, 0.15) is 12.5 Å². The zero-order valence-electron chi connectivity index (χ0n) is 13.9. The first-order chi connectivity index (χ1) is 11.9. The number of aryl methyl sites for hydroxylation is 1. The largest absolute Gasteiger partial charge is 0.296 e. The minimum absolute atomic E-state index is 0.247. The van der Waals surface area contributed by atoms with Gasteiger partial charge in [-0.3, -0.25) is 9.58 Å². The Labute approximate surface area is 158 Å². The summed E-state index contributed by atoms with van der Waals surface area (Å²) >= 11 is 12.4. The second-order valence-electron chi connectivity index (χ2n) is 5.91. The lowest BCUT2D eigenvalue weighted by atomic mass is 10.2. The van der Waals surface area contributed by atoms with Gasteiger partial charge in [0.2, 0.25) is 10.0 Å². The van der Waals surface area contributed by atoms with Crippen LogP contribution in [0.2, 0.25) is 10.0 Å². The number of rotatable bonds is 5. The second kappa shape index (κ2) is 7.63.